The van der Waals surface area contributed by atoms with E-state index >= 15 is 0 Å². The summed E-state index contributed by atoms with van der Waals surface area (Å²) in [7, 11) is 0. The second-order valence-electron chi connectivity index (χ2n) is 5.99. The van der Waals surface area contributed by atoms with E-state index in [2.05, 4.69) is 20.8 Å². The number of hydrogen-bond acceptors (Lipinski definition) is 6. The third kappa shape index (κ3) is 5.40. The van der Waals surface area contributed by atoms with Crippen molar-refractivity contribution in [3.8, 4) is 5.69 Å². The molecule has 0 aliphatic carbocycles. The quantitative estimate of drug-likeness (QED) is 0.749. The average molecular weight is 359 g/mol. The second-order valence-corrected chi connectivity index (χ2v) is 5.99. The first-order chi connectivity index (χ1) is 12.4. The van der Waals surface area contributed by atoms with Crippen molar-refractivity contribution in [1.29, 1.82) is 0 Å². The number of urea groups is 1. The maximum Gasteiger partial charge on any atom is 0.361 e. The van der Waals surface area contributed by atoms with Gasteiger partial charge in [0.1, 0.15) is 0 Å². The number of carbonyl (C=O) groups is 3. The molecule has 138 valence electrons. The lowest BCUT2D eigenvalue weighted by molar-refractivity contribution is -0.123. The number of nitrogens with zero attached hydrogens (tertiary/aromatic N) is 3. The van der Waals surface area contributed by atoms with E-state index in [9.17, 15) is 14.4 Å². The molecule has 0 atom stereocenters. The highest BCUT2D eigenvalue weighted by molar-refractivity contribution is 5.96. The first-order valence-electron chi connectivity index (χ1n) is 8.11. The van der Waals surface area contributed by atoms with Gasteiger partial charge in [-0.2, -0.15) is 9.90 Å². The Morgan fingerprint density at radius 2 is 1.85 bits per heavy atom. The summed E-state index contributed by atoms with van der Waals surface area (Å²) in [6, 6.07) is 8.44. The van der Waals surface area contributed by atoms with Crippen LogP contribution >= 0.6 is 0 Å². The van der Waals surface area contributed by atoms with Crippen molar-refractivity contribution in [2.24, 2.45) is 5.92 Å². The Labute approximate surface area is 150 Å². The largest absolute Gasteiger partial charge is 0.451 e. The number of rotatable bonds is 6. The highest BCUT2D eigenvalue weighted by Gasteiger charge is 2.19. The maximum atomic E-state index is 12.1. The van der Waals surface area contributed by atoms with E-state index in [1.165, 1.54) is 4.80 Å². The Bertz CT molecular complexity index is 786. The molecule has 1 aromatic heterocycles. The van der Waals surface area contributed by atoms with Gasteiger partial charge in [-0.3, -0.25) is 10.1 Å². The lowest BCUT2D eigenvalue weighted by Crippen LogP contribution is -2.42. The summed E-state index contributed by atoms with van der Waals surface area (Å²) < 4.78 is 4.90. The van der Waals surface area contributed by atoms with Crippen LogP contribution in [0.5, 0.6) is 0 Å². The van der Waals surface area contributed by atoms with Gasteiger partial charge in [0, 0.05) is 6.54 Å². The molecule has 0 aliphatic rings. The molecule has 0 bridgehead atoms. The predicted molar refractivity (Wildman–Crippen MR) is 92.8 cm³/mol. The van der Waals surface area contributed by atoms with Crippen LogP contribution in [0, 0.1) is 12.8 Å². The summed E-state index contributed by atoms with van der Waals surface area (Å²) >= 11 is 0. The van der Waals surface area contributed by atoms with Gasteiger partial charge in [0.2, 0.25) is 0 Å². The Kier molecular flexibility index (Phi) is 6.42. The fraction of sp³-hybridized carbons (Fsp3) is 0.353. The van der Waals surface area contributed by atoms with Gasteiger partial charge in [0.05, 0.1) is 11.4 Å². The summed E-state index contributed by atoms with van der Waals surface area (Å²) in [6.07, 6.45) is 0. The molecule has 0 spiro atoms. The van der Waals surface area contributed by atoms with Crippen molar-refractivity contribution in [3.63, 3.8) is 0 Å². The van der Waals surface area contributed by atoms with Crippen LogP contribution < -0.4 is 10.6 Å². The molecular formula is C17H21N5O4. The number of hydrogen-bond donors (Lipinski definition) is 2. The zero-order chi connectivity index (χ0) is 19.1. The van der Waals surface area contributed by atoms with E-state index in [1.807, 2.05) is 32.0 Å². The molecule has 1 aromatic carbocycles. The van der Waals surface area contributed by atoms with Crippen LogP contribution in [-0.2, 0) is 9.53 Å². The molecule has 2 aromatic rings. The highest BCUT2D eigenvalue weighted by atomic mass is 16.5. The fourth-order valence-corrected chi connectivity index (χ4v) is 1.95. The van der Waals surface area contributed by atoms with E-state index in [-0.39, 0.29) is 11.6 Å². The smallest absolute Gasteiger partial charge is 0.361 e. The highest BCUT2D eigenvalue weighted by Crippen LogP contribution is 2.09. The van der Waals surface area contributed by atoms with Crippen LogP contribution in [0.4, 0.5) is 4.79 Å². The van der Waals surface area contributed by atoms with Crippen molar-refractivity contribution in [1.82, 2.24) is 25.6 Å². The number of carbonyl (C=O) groups excluding carboxylic acids is 3. The second kappa shape index (κ2) is 8.75. The maximum absolute atomic E-state index is 12.1. The summed E-state index contributed by atoms with van der Waals surface area (Å²) in [5.41, 5.74) is 1.06. The number of imide groups is 1. The van der Waals surface area contributed by atoms with Crippen LogP contribution in [0.15, 0.2) is 30.3 Å². The topological polar surface area (TPSA) is 115 Å². The third-order valence-corrected chi connectivity index (χ3v) is 3.22. The van der Waals surface area contributed by atoms with Gasteiger partial charge >= 0.3 is 12.0 Å². The molecule has 0 saturated heterocycles. The molecule has 3 amide bonds. The monoisotopic (exact) mass is 359 g/mol. The number of ether oxygens (including phenoxy) is 1. The minimum Gasteiger partial charge on any atom is -0.451 e. The molecular weight excluding hydrogens is 338 g/mol. The molecule has 2 rings (SSSR count). The van der Waals surface area contributed by atoms with Gasteiger partial charge < -0.3 is 10.1 Å². The molecule has 0 fully saturated rings. The van der Waals surface area contributed by atoms with Crippen molar-refractivity contribution in [3.05, 3.63) is 41.7 Å². The Hall–Kier alpha value is -3.23. The normalized spacial score (nSPS) is 10.5. The molecule has 0 saturated carbocycles. The lowest BCUT2D eigenvalue weighted by atomic mass is 10.2. The molecule has 9 nitrogen and oxygen atoms in total. The molecule has 0 radical (unpaired) electrons. The molecule has 0 unspecified atom stereocenters. The van der Waals surface area contributed by atoms with E-state index < -0.39 is 24.5 Å². The number of amides is 3. The zero-order valence-electron chi connectivity index (χ0n) is 14.9. The summed E-state index contributed by atoms with van der Waals surface area (Å²) in [5.74, 6) is -1.26. The van der Waals surface area contributed by atoms with Gasteiger partial charge in [-0.25, -0.2) is 9.59 Å². The van der Waals surface area contributed by atoms with Crippen LogP contribution in [0.2, 0.25) is 0 Å². The Morgan fingerprint density at radius 3 is 2.50 bits per heavy atom. The van der Waals surface area contributed by atoms with Crippen LogP contribution in [0.25, 0.3) is 5.69 Å². The number of para-hydroxylation sites is 1. The number of nitrogens with one attached hydrogen (secondary N) is 2. The van der Waals surface area contributed by atoms with Crippen LogP contribution in [0.3, 0.4) is 0 Å². The predicted octanol–water partition coefficient (Wildman–Crippen LogP) is 1.21. The standard InChI is InChI=1S/C17H21N5O4/c1-11(2)9-18-17(25)19-14(23)10-26-16(24)15-12(3)20-22(21-15)13-7-5-4-6-8-13/h4-8,11H,9-10H2,1-3H3,(H2,18,19,23,25). The molecule has 0 aliphatic heterocycles. The fourth-order valence-electron chi connectivity index (χ4n) is 1.95. The van der Waals surface area contributed by atoms with Gasteiger partial charge in [-0.15, -0.1) is 5.10 Å². The molecule has 9 heteroatoms. The Morgan fingerprint density at radius 1 is 1.15 bits per heavy atom. The number of aromatic nitrogens is 3. The van der Waals surface area contributed by atoms with Gasteiger partial charge in [-0.05, 0) is 25.0 Å². The summed E-state index contributed by atoms with van der Waals surface area (Å²) in [5, 5.41) is 12.9. The number of esters is 1. The lowest BCUT2D eigenvalue weighted by Gasteiger charge is -2.08. The van der Waals surface area contributed by atoms with Crippen LogP contribution in [0.1, 0.15) is 30.0 Å². The van der Waals surface area contributed by atoms with Gasteiger partial charge in [0.15, 0.2) is 12.3 Å². The molecule has 2 N–H and O–H groups in total. The van der Waals surface area contributed by atoms with Gasteiger partial charge in [-0.1, -0.05) is 32.0 Å². The first-order valence-corrected chi connectivity index (χ1v) is 8.11. The molecule has 1 heterocycles. The van der Waals surface area contributed by atoms with E-state index in [1.54, 1.807) is 19.1 Å². The number of aryl methyl sites for hydroxylation is 1. The van der Waals surface area contributed by atoms with Crippen molar-refractivity contribution in [2.45, 2.75) is 20.8 Å². The third-order valence-electron chi connectivity index (χ3n) is 3.22. The SMILES string of the molecule is Cc1nn(-c2ccccc2)nc1C(=O)OCC(=O)NC(=O)NCC(C)C. The van der Waals surface area contributed by atoms with E-state index in [0.29, 0.717) is 17.9 Å². The van der Waals surface area contributed by atoms with Crippen LogP contribution in [-0.4, -0.2) is 46.1 Å². The zero-order valence-corrected chi connectivity index (χ0v) is 14.9. The minimum atomic E-state index is -0.789. The average Bonchev–Trinajstić information content (AvgIpc) is 3.00. The first kappa shape index (κ1) is 19.1. The minimum absolute atomic E-state index is 0.00547. The van der Waals surface area contributed by atoms with E-state index in [0.717, 1.165) is 0 Å². The Balaban J connectivity index is 1.89. The van der Waals surface area contributed by atoms with Gasteiger partial charge in [0.25, 0.3) is 5.91 Å². The van der Waals surface area contributed by atoms with Crippen molar-refractivity contribution in [2.75, 3.05) is 13.2 Å². The summed E-state index contributed by atoms with van der Waals surface area (Å²) in [4.78, 5) is 36.5. The van der Waals surface area contributed by atoms with Crippen molar-refractivity contribution < 1.29 is 19.1 Å². The summed E-state index contributed by atoms with van der Waals surface area (Å²) in [6.45, 7) is 5.30. The van der Waals surface area contributed by atoms with E-state index in [4.69, 9.17) is 4.74 Å². The van der Waals surface area contributed by atoms with Crippen molar-refractivity contribution >= 4 is 17.9 Å². The molecule has 26 heavy (non-hydrogen) atoms. The number of benzene rings is 1.